The molecule has 0 heterocycles. The van der Waals surface area contributed by atoms with Crippen LogP contribution in [0.2, 0.25) is 0 Å². The van der Waals surface area contributed by atoms with Crippen molar-refractivity contribution < 1.29 is 14.3 Å². The van der Waals surface area contributed by atoms with Crippen molar-refractivity contribution in [3.05, 3.63) is 56.7 Å². The van der Waals surface area contributed by atoms with Gasteiger partial charge < -0.3 is 10.4 Å². The molecule has 0 radical (unpaired) electrons. The predicted molar refractivity (Wildman–Crippen MR) is 78.5 cm³/mol. The van der Waals surface area contributed by atoms with Crippen LogP contribution in [0.4, 0.5) is 15.8 Å². The zero-order chi connectivity index (χ0) is 14.0. The van der Waals surface area contributed by atoms with Crippen molar-refractivity contribution in [2.75, 3.05) is 5.32 Å². The topological polar surface area (TPSA) is 49.3 Å². The molecule has 0 atom stereocenters. The van der Waals surface area contributed by atoms with Gasteiger partial charge in [0.1, 0.15) is 5.82 Å². The molecule has 2 aromatic rings. The number of anilines is 2. The predicted octanol–water partition coefficient (Wildman–Crippen LogP) is 4.79. The molecule has 2 aromatic carbocycles. The number of rotatable bonds is 3. The quantitative estimate of drug-likeness (QED) is 0.794. The Morgan fingerprint density at radius 1 is 1.21 bits per heavy atom. The average Bonchev–Trinajstić information content (AvgIpc) is 2.35. The van der Waals surface area contributed by atoms with E-state index >= 15 is 0 Å². The maximum atomic E-state index is 13.8. The minimum Gasteiger partial charge on any atom is -0.478 e. The SMILES string of the molecule is O=C(O)c1cccc(F)c1Nc1cc(Br)ccc1Br. The molecule has 0 aliphatic rings. The Morgan fingerprint density at radius 2 is 1.95 bits per heavy atom. The molecule has 0 aromatic heterocycles. The minimum atomic E-state index is -1.19. The van der Waals surface area contributed by atoms with Gasteiger partial charge in [-0.2, -0.15) is 0 Å². The summed E-state index contributed by atoms with van der Waals surface area (Å²) in [6.07, 6.45) is 0. The van der Waals surface area contributed by atoms with Gasteiger partial charge in [0.2, 0.25) is 0 Å². The minimum absolute atomic E-state index is 0.0613. The molecular weight excluding hydrogens is 381 g/mol. The first kappa shape index (κ1) is 14.0. The number of carbonyl (C=O) groups is 1. The summed E-state index contributed by atoms with van der Waals surface area (Å²) in [5.74, 6) is -1.81. The van der Waals surface area contributed by atoms with Gasteiger partial charge in [-0.05, 0) is 46.3 Å². The second-order valence-corrected chi connectivity index (χ2v) is 5.49. The van der Waals surface area contributed by atoms with Gasteiger partial charge in [0.25, 0.3) is 0 Å². The van der Waals surface area contributed by atoms with E-state index in [1.54, 1.807) is 12.1 Å². The van der Waals surface area contributed by atoms with Crippen LogP contribution in [0.5, 0.6) is 0 Å². The van der Waals surface area contributed by atoms with Gasteiger partial charge in [-0.15, -0.1) is 0 Å². The average molecular weight is 389 g/mol. The summed E-state index contributed by atoms with van der Waals surface area (Å²) in [4.78, 5) is 11.1. The highest BCUT2D eigenvalue weighted by Crippen LogP contribution is 2.31. The van der Waals surface area contributed by atoms with Crippen molar-refractivity contribution in [3.8, 4) is 0 Å². The molecule has 0 saturated carbocycles. The number of halogens is 3. The molecule has 2 N–H and O–H groups in total. The molecule has 98 valence electrons. The van der Waals surface area contributed by atoms with Gasteiger partial charge >= 0.3 is 5.97 Å². The van der Waals surface area contributed by atoms with E-state index in [1.165, 1.54) is 18.2 Å². The van der Waals surface area contributed by atoms with E-state index in [4.69, 9.17) is 5.11 Å². The molecule has 0 amide bonds. The molecule has 0 saturated heterocycles. The van der Waals surface area contributed by atoms with E-state index in [0.29, 0.717) is 10.2 Å². The maximum absolute atomic E-state index is 13.8. The fourth-order valence-electron chi connectivity index (χ4n) is 1.56. The van der Waals surface area contributed by atoms with Crippen LogP contribution in [-0.4, -0.2) is 11.1 Å². The van der Waals surface area contributed by atoms with E-state index in [1.807, 2.05) is 6.07 Å². The van der Waals surface area contributed by atoms with E-state index in [9.17, 15) is 9.18 Å². The largest absolute Gasteiger partial charge is 0.478 e. The Hall–Kier alpha value is -1.40. The highest BCUT2D eigenvalue weighted by Gasteiger charge is 2.15. The third-order valence-electron chi connectivity index (χ3n) is 2.43. The van der Waals surface area contributed by atoms with Gasteiger partial charge in [0, 0.05) is 8.95 Å². The molecule has 0 unspecified atom stereocenters. The summed E-state index contributed by atoms with van der Waals surface area (Å²) in [6.45, 7) is 0. The molecular formula is C13H8Br2FNO2. The number of para-hydroxylation sites is 1. The molecule has 0 fully saturated rings. The number of hydrogen-bond acceptors (Lipinski definition) is 2. The molecule has 2 rings (SSSR count). The van der Waals surface area contributed by atoms with Gasteiger partial charge in [-0.1, -0.05) is 22.0 Å². The van der Waals surface area contributed by atoms with E-state index in [2.05, 4.69) is 37.2 Å². The lowest BCUT2D eigenvalue weighted by atomic mass is 10.1. The molecule has 3 nitrogen and oxygen atoms in total. The first-order valence-corrected chi connectivity index (χ1v) is 6.81. The maximum Gasteiger partial charge on any atom is 0.337 e. The zero-order valence-electron chi connectivity index (χ0n) is 9.45. The van der Waals surface area contributed by atoms with Gasteiger partial charge in [-0.25, -0.2) is 9.18 Å². The number of carboxylic acids is 1. The van der Waals surface area contributed by atoms with Crippen LogP contribution in [-0.2, 0) is 0 Å². The number of nitrogens with one attached hydrogen (secondary N) is 1. The molecule has 6 heteroatoms. The Morgan fingerprint density at radius 3 is 2.63 bits per heavy atom. The lowest BCUT2D eigenvalue weighted by Gasteiger charge is -2.12. The third kappa shape index (κ3) is 3.13. The summed E-state index contributed by atoms with van der Waals surface area (Å²) in [5.41, 5.74) is 0.391. The summed E-state index contributed by atoms with van der Waals surface area (Å²) in [7, 11) is 0. The van der Waals surface area contributed by atoms with E-state index < -0.39 is 11.8 Å². The second kappa shape index (κ2) is 5.71. The van der Waals surface area contributed by atoms with Crippen LogP contribution in [0.25, 0.3) is 0 Å². The summed E-state index contributed by atoms with van der Waals surface area (Å²) >= 11 is 6.63. The van der Waals surface area contributed by atoms with Crippen molar-refractivity contribution in [3.63, 3.8) is 0 Å². The Labute approximate surface area is 125 Å². The fourth-order valence-corrected chi connectivity index (χ4v) is 2.26. The summed E-state index contributed by atoms with van der Waals surface area (Å²) < 4.78 is 15.3. The van der Waals surface area contributed by atoms with Gasteiger partial charge in [0.15, 0.2) is 0 Å². The number of carboxylic acid groups (broad SMARTS) is 1. The van der Waals surface area contributed by atoms with E-state index in [-0.39, 0.29) is 11.3 Å². The Kier molecular flexibility index (Phi) is 4.21. The monoisotopic (exact) mass is 387 g/mol. The van der Waals surface area contributed by atoms with Crippen LogP contribution in [0, 0.1) is 5.82 Å². The van der Waals surface area contributed by atoms with Crippen LogP contribution >= 0.6 is 31.9 Å². The smallest absolute Gasteiger partial charge is 0.337 e. The normalized spacial score (nSPS) is 10.3. The zero-order valence-corrected chi connectivity index (χ0v) is 12.6. The first-order chi connectivity index (χ1) is 8.99. The van der Waals surface area contributed by atoms with Crippen LogP contribution in [0.3, 0.4) is 0 Å². The second-order valence-electron chi connectivity index (χ2n) is 3.72. The summed E-state index contributed by atoms with van der Waals surface area (Å²) in [6, 6.07) is 9.23. The Balaban J connectivity index is 2.49. The van der Waals surface area contributed by atoms with Crippen molar-refractivity contribution in [2.45, 2.75) is 0 Å². The molecule has 0 spiro atoms. The number of benzene rings is 2. The van der Waals surface area contributed by atoms with E-state index in [0.717, 1.165) is 4.47 Å². The third-order valence-corrected chi connectivity index (χ3v) is 3.62. The summed E-state index contributed by atoms with van der Waals surface area (Å²) in [5, 5.41) is 11.9. The first-order valence-electron chi connectivity index (χ1n) is 5.23. The standard InChI is InChI=1S/C13H8Br2FNO2/c14-7-4-5-9(15)11(6-7)17-12-8(13(18)19)2-1-3-10(12)16/h1-6,17H,(H,18,19). The van der Waals surface area contributed by atoms with Gasteiger partial charge in [-0.3, -0.25) is 0 Å². The van der Waals surface area contributed by atoms with Crippen molar-refractivity contribution in [1.82, 2.24) is 0 Å². The lowest BCUT2D eigenvalue weighted by molar-refractivity contribution is 0.0697. The fraction of sp³-hybridized carbons (Fsp3) is 0. The molecule has 19 heavy (non-hydrogen) atoms. The lowest BCUT2D eigenvalue weighted by Crippen LogP contribution is -2.05. The van der Waals surface area contributed by atoms with Crippen LogP contribution in [0.15, 0.2) is 45.3 Å². The van der Waals surface area contributed by atoms with Gasteiger partial charge in [0.05, 0.1) is 16.9 Å². The Bertz CT molecular complexity index is 647. The highest BCUT2D eigenvalue weighted by atomic mass is 79.9. The number of aromatic carboxylic acids is 1. The van der Waals surface area contributed by atoms with Crippen molar-refractivity contribution in [2.24, 2.45) is 0 Å². The number of hydrogen-bond donors (Lipinski definition) is 2. The molecule has 0 bridgehead atoms. The van der Waals surface area contributed by atoms with Crippen molar-refractivity contribution in [1.29, 1.82) is 0 Å². The molecule has 0 aliphatic carbocycles. The highest BCUT2D eigenvalue weighted by molar-refractivity contribution is 9.11. The van der Waals surface area contributed by atoms with Crippen LogP contribution < -0.4 is 5.32 Å². The van der Waals surface area contributed by atoms with Crippen LogP contribution in [0.1, 0.15) is 10.4 Å². The van der Waals surface area contributed by atoms with Crippen molar-refractivity contribution >= 4 is 49.2 Å². The molecule has 0 aliphatic heterocycles.